The number of benzene rings is 1. The number of aromatic amines is 1. The SMILES string of the molecule is COC(=O)c1c(C)[nH]c(C(=O)[C@@H](C)OC(=O)[C@@H]2CC(=O)N(CCc3ccccc3)C2)c1C. The molecule has 8 heteroatoms. The van der Waals surface area contributed by atoms with Crippen molar-refractivity contribution in [3.8, 4) is 0 Å². The highest BCUT2D eigenvalue weighted by Crippen LogP contribution is 2.23. The Balaban J connectivity index is 1.59. The van der Waals surface area contributed by atoms with Crippen molar-refractivity contribution in [1.82, 2.24) is 9.88 Å². The smallest absolute Gasteiger partial charge is 0.339 e. The summed E-state index contributed by atoms with van der Waals surface area (Å²) in [5.74, 6) is -2.26. The number of aromatic nitrogens is 1. The maximum Gasteiger partial charge on any atom is 0.339 e. The van der Waals surface area contributed by atoms with Crippen LogP contribution in [-0.2, 0) is 25.5 Å². The summed E-state index contributed by atoms with van der Waals surface area (Å²) in [6.45, 7) is 5.59. The third-order valence-corrected chi connectivity index (χ3v) is 5.80. The van der Waals surface area contributed by atoms with Crippen molar-refractivity contribution in [3.05, 3.63) is 58.4 Å². The van der Waals surface area contributed by atoms with Crippen molar-refractivity contribution in [3.63, 3.8) is 0 Å². The van der Waals surface area contributed by atoms with Crippen LogP contribution in [0.1, 0.15) is 51.0 Å². The summed E-state index contributed by atoms with van der Waals surface area (Å²) in [6, 6.07) is 9.82. The lowest BCUT2D eigenvalue weighted by molar-refractivity contribution is -0.151. The van der Waals surface area contributed by atoms with Crippen molar-refractivity contribution in [2.24, 2.45) is 5.92 Å². The van der Waals surface area contributed by atoms with E-state index in [0.29, 0.717) is 29.8 Å². The Morgan fingerprint density at radius 3 is 2.53 bits per heavy atom. The van der Waals surface area contributed by atoms with Gasteiger partial charge in [0.05, 0.1) is 24.3 Å². The summed E-state index contributed by atoms with van der Waals surface area (Å²) in [4.78, 5) is 54.3. The second kappa shape index (κ2) is 9.80. The minimum Gasteiger partial charge on any atom is -0.465 e. The Labute approximate surface area is 186 Å². The fourth-order valence-electron chi connectivity index (χ4n) is 3.99. The van der Waals surface area contributed by atoms with Crippen LogP contribution in [0.3, 0.4) is 0 Å². The molecule has 1 saturated heterocycles. The van der Waals surface area contributed by atoms with Crippen LogP contribution >= 0.6 is 0 Å². The van der Waals surface area contributed by atoms with Crippen molar-refractivity contribution in [2.75, 3.05) is 20.2 Å². The molecule has 0 spiro atoms. The number of aryl methyl sites for hydroxylation is 1. The number of ether oxygens (including phenoxy) is 2. The number of carbonyl (C=O) groups is 4. The predicted molar refractivity (Wildman–Crippen MR) is 116 cm³/mol. The van der Waals surface area contributed by atoms with Crippen molar-refractivity contribution in [2.45, 2.75) is 39.7 Å². The molecule has 3 rings (SSSR count). The highest BCUT2D eigenvalue weighted by atomic mass is 16.5. The van der Waals surface area contributed by atoms with Crippen LogP contribution in [0.2, 0.25) is 0 Å². The number of hydrogen-bond acceptors (Lipinski definition) is 6. The van der Waals surface area contributed by atoms with Crippen molar-refractivity contribution in [1.29, 1.82) is 0 Å². The molecule has 170 valence electrons. The third kappa shape index (κ3) is 4.90. The Morgan fingerprint density at radius 2 is 1.88 bits per heavy atom. The molecule has 0 bridgehead atoms. The van der Waals surface area contributed by atoms with Gasteiger partial charge >= 0.3 is 11.9 Å². The second-order valence-corrected chi connectivity index (χ2v) is 8.04. The molecule has 2 heterocycles. The molecule has 8 nitrogen and oxygen atoms in total. The minimum absolute atomic E-state index is 0.0711. The molecular weight excluding hydrogens is 412 g/mol. The number of nitrogens with zero attached hydrogens (tertiary/aromatic N) is 1. The van der Waals surface area contributed by atoms with Crippen LogP contribution in [0.4, 0.5) is 0 Å². The highest BCUT2D eigenvalue weighted by molar-refractivity contribution is 6.04. The van der Waals surface area contributed by atoms with Crippen LogP contribution in [0.25, 0.3) is 0 Å². The predicted octanol–water partition coefficient (Wildman–Crippen LogP) is 2.62. The van der Waals surface area contributed by atoms with E-state index in [4.69, 9.17) is 9.47 Å². The molecule has 2 atom stereocenters. The first-order valence-corrected chi connectivity index (χ1v) is 10.6. The van der Waals surface area contributed by atoms with Crippen molar-refractivity contribution >= 4 is 23.6 Å². The number of esters is 2. The van der Waals surface area contributed by atoms with Crippen LogP contribution in [0.15, 0.2) is 30.3 Å². The van der Waals surface area contributed by atoms with E-state index in [1.807, 2.05) is 30.3 Å². The van der Waals surface area contributed by atoms with Gasteiger partial charge < -0.3 is 19.4 Å². The summed E-state index contributed by atoms with van der Waals surface area (Å²) in [6.07, 6.45) is -0.281. The normalized spacial score (nSPS) is 16.7. The summed E-state index contributed by atoms with van der Waals surface area (Å²) in [7, 11) is 1.27. The van der Waals surface area contributed by atoms with Gasteiger partial charge in [-0.2, -0.15) is 0 Å². The van der Waals surface area contributed by atoms with Crippen molar-refractivity contribution < 1.29 is 28.7 Å². The molecule has 1 aliphatic rings. The third-order valence-electron chi connectivity index (χ3n) is 5.80. The number of rotatable bonds is 8. The number of nitrogens with one attached hydrogen (secondary N) is 1. The van der Waals surface area contributed by atoms with Crippen LogP contribution in [-0.4, -0.2) is 59.8 Å². The largest absolute Gasteiger partial charge is 0.465 e. The zero-order chi connectivity index (χ0) is 23.4. The zero-order valence-corrected chi connectivity index (χ0v) is 18.8. The number of likely N-dealkylation sites (tertiary alicyclic amines) is 1. The molecule has 1 amide bonds. The van der Waals surface area contributed by atoms with Gasteiger partial charge in [-0.25, -0.2) is 4.79 Å². The van der Waals surface area contributed by atoms with E-state index in [1.54, 1.807) is 18.7 Å². The topological polar surface area (TPSA) is 106 Å². The van der Waals surface area contributed by atoms with E-state index < -0.39 is 29.7 Å². The highest BCUT2D eigenvalue weighted by Gasteiger charge is 2.37. The van der Waals surface area contributed by atoms with Gasteiger partial charge in [0.1, 0.15) is 0 Å². The first kappa shape index (κ1) is 23.2. The average Bonchev–Trinajstić information content (AvgIpc) is 3.30. The molecule has 1 aromatic heterocycles. The molecule has 0 radical (unpaired) electrons. The number of Topliss-reactive ketones (excluding diaryl/α,β-unsaturated/α-hetero) is 1. The lowest BCUT2D eigenvalue weighted by Crippen LogP contribution is -2.31. The summed E-state index contributed by atoms with van der Waals surface area (Å²) in [5.41, 5.74) is 2.57. The van der Waals surface area contributed by atoms with Crippen LogP contribution in [0, 0.1) is 19.8 Å². The molecule has 32 heavy (non-hydrogen) atoms. The Kier molecular flexibility index (Phi) is 7.12. The van der Waals surface area contributed by atoms with Gasteiger partial charge in [0.25, 0.3) is 0 Å². The number of carbonyl (C=O) groups excluding carboxylic acids is 4. The second-order valence-electron chi connectivity index (χ2n) is 8.04. The number of ketones is 1. The molecule has 1 fully saturated rings. The first-order chi connectivity index (χ1) is 15.2. The summed E-state index contributed by atoms with van der Waals surface area (Å²) in [5, 5.41) is 0. The number of hydrogen-bond donors (Lipinski definition) is 1. The van der Waals surface area contributed by atoms with Gasteiger partial charge in [0, 0.05) is 25.2 Å². The lowest BCUT2D eigenvalue weighted by Gasteiger charge is -2.17. The Bertz CT molecular complexity index is 1030. The van der Waals surface area contributed by atoms with Gasteiger partial charge in [-0.15, -0.1) is 0 Å². The van der Waals surface area contributed by atoms with E-state index in [1.165, 1.54) is 14.0 Å². The van der Waals surface area contributed by atoms with Gasteiger partial charge in [0.15, 0.2) is 6.10 Å². The van der Waals surface area contributed by atoms with E-state index in [9.17, 15) is 19.2 Å². The van der Waals surface area contributed by atoms with Gasteiger partial charge in [-0.3, -0.25) is 14.4 Å². The Hall–Kier alpha value is -3.42. The summed E-state index contributed by atoms with van der Waals surface area (Å²) < 4.78 is 10.2. The fourth-order valence-corrected chi connectivity index (χ4v) is 3.99. The number of methoxy groups -OCH3 is 1. The fraction of sp³-hybridized carbons (Fsp3) is 0.417. The minimum atomic E-state index is -1.06. The van der Waals surface area contributed by atoms with Crippen LogP contribution < -0.4 is 0 Å². The zero-order valence-electron chi connectivity index (χ0n) is 18.8. The van der Waals surface area contributed by atoms with E-state index in [-0.39, 0.29) is 24.6 Å². The average molecular weight is 440 g/mol. The molecule has 1 N–H and O–H groups in total. The van der Waals surface area contributed by atoms with Gasteiger partial charge in [-0.05, 0) is 38.3 Å². The molecule has 2 aromatic rings. The monoisotopic (exact) mass is 440 g/mol. The Morgan fingerprint density at radius 1 is 1.19 bits per heavy atom. The molecular formula is C24H28N2O6. The number of amides is 1. The van der Waals surface area contributed by atoms with Gasteiger partial charge in [0.2, 0.25) is 11.7 Å². The lowest BCUT2D eigenvalue weighted by atomic mass is 10.1. The molecule has 1 aliphatic heterocycles. The quantitative estimate of drug-likeness (QED) is 0.500. The van der Waals surface area contributed by atoms with E-state index >= 15 is 0 Å². The van der Waals surface area contributed by atoms with E-state index in [2.05, 4.69) is 4.98 Å². The molecule has 1 aromatic carbocycles. The molecule has 0 saturated carbocycles. The standard InChI is InChI=1S/C24H28N2O6/c1-14-20(24(30)31-4)15(2)25-21(14)22(28)16(3)32-23(29)18-12-19(27)26(13-18)11-10-17-8-6-5-7-9-17/h5-9,16,18,25H,10-13H2,1-4H3/t16-,18-/m1/s1. The van der Waals surface area contributed by atoms with Crippen LogP contribution in [0.5, 0.6) is 0 Å². The summed E-state index contributed by atoms with van der Waals surface area (Å²) >= 11 is 0. The maximum atomic E-state index is 12.8. The van der Waals surface area contributed by atoms with E-state index in [0.717, 1.165) is 5.56 Å². The molecule has 0 aliphatic carbocycles. The maximum absolute atomic E-state index is 12.8. The first-order valence-electron chi connectivity index (χ1n) is 10.6. The van der Waals surface area contributed by atoms with Gasteiger partial charge in [-0.1, -0.05) is 30.3 Å². The molecule has 0 unspecified atom stereocenters. The number of H-pyrrole nitrogens is 1.